The first-order valence-corrected chi connectivity index (χ1v) is 5.65. The second-order valence-electron chi connectivity index (χ2n) is 4.46. The summed E-state index contributed by atoms with van der Waals surface area (Å²) < 4.78 is 10.4. The van der Waals surface area contributed by atoms with E-state index in [0.717, 1.165) is 5.56 Å². The largest absolute Gasteiger partial charge is 0.496 e. The molecule has 1 N–H and O–H groups in total. The number of hydrogen-bond donors (Lipinski definition) is 1. The van der Waals surface area contributed by atoms with E-state index in [2.05, 4.69) is 6.58 Å². The van der Waals surface area contributed by atoms with E-state index in [4.69, 9.17) is 9.47 Å². The molecule has 4 heteroatoms. The van der Waals surface area contributed by atoms with Crippen LogP contribution in [0.4, 0.5) is 0 Å². The highest BCUT2D eigenvalue weighted by atomic mass is 16.6. The van der Waals surface area contributed by atoms with Gasteiger partial charge in [0.2, 0.25) is 0 Å². The quantitative estimate of drug-likeness (QED) is 0.657. The van der Waals surface area contributed by atoms with Gasteiger partial charge in [-0.3, -0.25) is 4.79 Å². The number of methoxy groups -OCH3 is 1. The zero-order chi connectivity index (χ0) is 13.5. The van der Waals surface area contributed by atoms with E-state index in [-0.39, 0.29) is 0 Å². The Hall–Kier alpha value is -1.81. The Balaban J connectivity index is 2.55. The predicted molar refractivity (Wildman–Crippen MR) is 66.2 cm³/mol. The molecular formula is C14H16O4. The first-order valence-electron chi connectivity index (χ1n) is 5.65. The zero-order valence-electron chi connectivity index (χ0n) is 10.7. The number of fused-ring (bicyclic) bond motifs is 1. The summed E-state index contributed by atoms with van der Waals surface area (Å²) in [5.41, 5.74) is 0.542. The van der Waals surface area contributed by atoms with Gasteiger partial charge in [-0.05, 0) is 18.6 Å². The van der Waals surface area contributed by atoms with Crippen molar-refractivity contribution in [1.29, 1.82) is 0 Å². The van der Waals surface area contributed by atoms with E-state index >= 15 is 0 Å². The summed E-state index contributed by atoms with van der Waals surface area (Å²) in [7, 11) is 1.54. The fraction of sp³-hybridized carbons (Fsp3) is 0.357. The highest BCUT2D eigenvalue weighted by Gasteiger charge is 2.55. The van der Waals surface area contributed by atoms with E-state index in [9.17, 15) is 9.90 Å². The van der Waals surface area contributed by atoms with Crippen molar-refractivity contribution in [1.82, 2.24) is 0 Å². The molecule has 2 rings (SSSR count). The third kappa shape index (κ3) is 1.53. The van der Waals surface area contributed by atoms with E-state index in [1.54, 1.807) is 19.1 Å². The molecule has 0 saturated heterocycles. The van der Waals surface area contributed by atoms with Gasteiger partial charge < -0.3 is 14.6 Å². The van der Waals surface area contributed by atoms with Crippen LogP contribution >= 0.6 is 0 Å². The van der Waals surface area contributed by atoms with Gasteiger partial charge in [0.25, 0.3) is 0 Å². The molecule has 0 amide bonds. The standard InChI is InChI=1S/C14H16O4/c1-8(2)14(16)12-10(13(14)18-9(3)15)6-5-7-11(12)17-4/h5-7,13,16H,1H2,2-4H3/t13-,14+/m0/s1. The molecule has 0 unspecified atom stereocenters. The van der Waals surface area contributed by atoms with Crippen LogP contribution in [0.15, 0.2) is 30.4 Å². The van der Waals surface area contributed by atoms with Crippen LogP contribution < -0.4 is 4.74 Å². The second-order valence-corrected chi connectivity index (χ2v) is 4.46. The summed E-state index contributed by atoms with van der Waals surface area (Å²) in [6.07, 6.45) is -0.711. The number of ether oxygens (including phenoxy) is 2. The minimum absolute atomic E-state index is 0.437. The predicted octanol–water partition coefficient (Wildman–Crippen LogP) is 2.08. The maximum absolute atomic E-state index is 11.1. The van der Waals surface area contributed by atoms with Crippen molar-refractivity contribution in [3.63, 3.8) is 0 Å². The third-order valence-corrected chi connectivity index (χ3v) is 3.26. The van der Waals surface area contributed by atoms with E-state index in [1.165, 1.54) is 14.0 Å². The summed E-state index contributed by atoms with van der Waals surface area (Å²) >= 11 is 0. The average molecular weight is 248 g/mol. The SMILES string of the molecule is C=C(C)[C@@]1(O)c2c(OC)cccc2[C@@H]1OC(C)=O. The van der Waals surface area contributed by atoms with Crippen molar-refractivity contribution in [2.45, 2.75) is 25.6 Å². The summed E-state index contributed by atoms with van der Waals surface area (Å²) in [4.78, 5) is 11.1. The molecule has 0 saturated carbocycles. The summed E-state index contributed by atoms with van der Waals surface area (Å²) in [5.74, 6) is 0.134. The van der Waals surface area contributed by atoms with Crippen molar-refractivity contribution in [3.8, 4) is 5.75 Å². The molecule has 1 aliphatic rings. The Kier molecular flexibility index (Phi) is 2.91. The van der Waals surface area contributed by atoms with Gasteiger partial charge in [-0.2, -0.15) is 0 Å². The molecule has 4 nitrogen and oxygen atoms in total. The molecule has 2 atom stereocenters. The number of aliphatic hydroxyl groups is 1. The lowest BCUT2D eigenvalue weighted by Gasteiger charge is -2.47. The molecule has 0 radical (unpaired) electrons. The smallest absolute Gasteiger partial charge is 0.303 e. The van der Waals surface area contributed by atoms with Crippen molar-refractivity contribution < 1.29 is 19.4 Å². The van der Waals surface area contributed by atoms with Crippen LogP contribution in [0.3, 0.4) is 0 Å². The fourth-order valence-corrected chi connectivity index (χ4v) is 2.37. The van der Waals surface area contributed by atoms with Crippen molar-refractivity contribution >= 4 is 5.97 Å². The number of rotatable bonds is 3. The number of carbonyl (C=O) groups excluding carboxylic acids is 1. The van der Waals surface area contributed by atoms with Crippen molar-refractivity contribution in [2.75, 3.05) is 7.11 Å². The molecule has 0 heterocycles. The summed E-state index contributed by atoms with van der Waals surface area (Å²) in [5, 5.41) is 10.7. The molecule has 0 aromatic heterocycles. The van der Waals surface area contributed by atoms with Crippen LogP contribution in [0.5, 0.6) is 5.75 Å². The Morgan fingerprint density at radius 3 is 2.61 bits per heavy atom. The van der Waals surface area contributed by atoms with Crippen LogP contribution in [0.25, 0.3) is 0 Å². The van der Waals surface area contributed by atoms with Gasteiger partial charge in [0.1, 0.15) is 5.75 Å². The lowest BCUT2D eigenvalue weighted by molar-refractivity contribution is -0.168. The Morgan fingerprint density at radius 1 is 1.44 bits per heavy atom. The maximum Gasteiger partial charge on any atom is 0.303 e. The summed E-state index contributed by atoms with van der Waals surface area (Å²) in [6, 6.07) is 5.37. The van der Waals surface area contributed by atoms with E-state index in [0.29, 0.717) is 16.9 Å². The topological polar surface area (TPSA) is 55.8 Å². The molecule has 0 bridgehead atoms. The van der Waals surface area contributed by atoms with Gasteiger partial charge in [0, 0.05) is 18.1 Å². The molecule has 0 spiro atoms. The molecule has 96 valence electrons. The molecule has 0 aliphatic heterocycles. The number of esters is 1. The van der Waals surface area contributed by atoms with E-state index < -0.39 is 17.7 Å². The highest BCUT2D eigenvalue weighted by Crippen LogP contribution is 2.57. The van der Waals surface area contributed by atoms with E-state index in [1.807, 2.05) is 6.07 Å². The number of hydrogen-bond acceptors (Lipinski definition) is 4. The van der Waals surface area contributed by atoms with Crippen LogP contribution in [0, 0.1) is 0 Å². The Bertz CT molecular complexity index is 521. The number of carbonyl (C=O) groups is 1. The first kappa shape index (κ1) is 12.6. The van der Waals surface area contributed by atoms with Crippen molar-refractivity contribution in [3.05, 3.63) is 41.5 Å². The van der Waals surface area contributed by atoms with Gasteiger partial charge >= 0.3 is 5.97 Å². The fourth-order valence-electron chi connectivity index (χ4n) is 2.37. The molecule has 1 aromatic rings. The number of benzene rings is 1. The first-order chi connectivity index (χ1) is 8.42. The van der Waals surface area contributed by atoms with Crippen LogP contribution in [0.1, 0.15) is 31.1 Å². The lowest BCUT2D eigenvalue weighted by atomic mass is 9.66. The van der Waals surface area contributed by atoms with Gasteiger partial charge in [0.05, 0.1) is 7.11 Å². The molecular weight excluding hydrogens is 232 g/mol. The lowest BCUT2D eigenvalue weighted by Crippen LogP contribution is -2.46. The average Bonchev–Trinajstić information content (AvgIpc) is 2.33. The molecule has 1 aliphatic carbocycles. The van der Waals surface area contributed by atoms with Gasteiger partial charge in [-0.1, -0.05) is 18.7 Å². The van der Waals surface area contributed by atoms with Gasteiger partial charge in [-0.25, -0.2) is 0 Å². The molecule has 0 fully saturated rings. The molecule has 18 heavy (non-hydrogen) atoms. The van der Waals surface area contributed by atoms with Gasteiger partial charge in [-0.15, -0.1) is 0 Å². The van der Waals surface area contributed by atoms with Gasteiger partial charge in [0.15, 0.2) is 11.7 Å². The highest BCUT2D eigenvalue weighted by molar-refractivity contribution is 5.69. The second kappa shape index (κ2) is 4.14. The Labute approximate surface area is 106 Å². The molecule has 1 aromatic carbocycles. The summed E-state index contributed by atoms with van der Waals surface area (Å²) in [6.45, 7) is 6.80. The van der Waals surface area contributed by atoms with Crippen LogP contribution in [-0.2, 0) is 15.1 Å². The van der Waals surface area contributed by atoms with Crippen LogP contribution in [-0.4, -0.2) is 18.2 Å². The third-order valence-electron chi connectivity index (χ3n) is 3.26. The maximum atomic E-state index is 11.1. The minimum atomic E-state index is -1.37. The van der Waals surface area contributed by atoms with Crippen molar-refractivity contribution in [2.24, 2.45) is 0 Å². The normalized spacial score (nSPS) is 24.8. The Morgan fingerprint density at radius 2 is 2.11 bits per heavy atom. The monoisotopic (exact) mass is 248 g/mol. The minimum Gasteiger partial charge on any atom is -0.496 e. The van der Waals surface area contributed by atoms with Crippen LogP contribution in [0.2, 0.25) is 0 Å². The zero-order valence-corrected chi connectivity index (χ0v) is 10.7.